The summed E-state index contributed by atoms with van der Waals surface area (Å²) >= 11 is 0. The fourth-order valence-electron chi connectivity index (χ4n) is 2.59. The zero-order chi connectivity index (χ0) is 13.9. The van der Waals surface area contributed by atoms with Crippen molar-refractivity contribution in [2.75, 3.05) is 13.2 Å². The van der Waals surface area contributed by atoms with E-state index in [1.165, 1.54) is 17.3 Å². The van der Waals surface area contributed by atoms with Gasteiger partial charge in [0.25, 0.3) is 0 Å². The van der Waals surface area contributed by atoms with E-state index in [2.05, 4.69) is 21.4 Å². The van der Waals surface area contributed by atoms with Crippen molar-refractivity contribution >= 4 is 23.0 Å². The molecule has 1 aliphatic rings. The second-order valence-electron chi connectivity index (χ2n) is 4.69. The maximum absolute atomic E-state index is 12.0. The fourth-order valence-corrected chi connectivity index (χ4v) is 2.59. The highest BCUT2D eigenvalue weighted by Gasteiger charge is 2.23. The van der Waals surface area contributed by atoms with Crippen LogP contribution in [0, 0.1) is 0 Å². The van der Waals surface area contributed by atoms with E-state index in [4.69, 9.17) is 0 Å². The third-order valence-corrected chi connectivity index (χ3v) is 3.54. The number of aromatic amines is 1. The number of aromatic nitrogens is 1. The van der Waals surface area contributed by atoms with E-state index in [9.17, 15) is 9.59 Å². The zero-order valence-electron chi connectivity index (χ0n) is 10.8. The number of nitrogens with zero attached hydrogens (tertiary/aromatic N) is 2. The Balaban J connectivity index is 1.80. The average Bonchev–Trinajstić information content (AvgIpc) is 2.85. The molecule has 0 saturated carbocycles. The van der Waals surface area contributed by atoms with E-state index < -0.39 is 0 Å². The molecular weight excluding hydrogens is 256 g/mol. The molecule has 20 heavy (non-hydrogen) atoms. The van der Waals surface area contributed by atoms with Crippen molar-refractivity contribution in [1.29, 1.82) is 0 Å². The van der Waals surface area contributed by atoms with Gasteiger partial charge in [-0.2, -0.15) is 4.99 Å². The van der Waals surface area contributed by atoms with Gasteiger partial charge < -0.3 is 15.2 Å². The summed E-state index contributed by atoms with van der Waals surface area (Å²) in [5.41, 5.74) is 3.47. The van der Waals surface area contributed by atoms with Crippen LogP contribution in [0.3, 0.4) is 0 Å². The number of carbonyl (C=O) groups excluding carboxylic acids is 2. The molecule has 1 aliphatic heterocycles. The number of aliphatic imine (C=N–C) groups is 1. The van der Waals surface area contributed by atoms with Gasteiger partial charge in [0.1, 0.15) is 6.67 Å². The zero-order valence-corrected chi connectivity index (χ0v) is 10.8. The van der Waals surface area contributed by atoms with Crippen molar-refractivity contribution in [3.63, 3.8) is 0 Å². The van der Waals surface area contributed by atoms with Crippen LogP contribution in [0.1, 0.15) is 11.3 Å². The lowest BCUT2D eigenvalue weighted by Gasteiger charge is -2.27. The normalized spacial score (nSPS) is 13.7. The van der Waals surface area contributed by atoms with Crippen molar-refractivity contribution in [1.82, 2.24) is 15.2 Å². The number of urea groups is 1. The molecule has 2 heterocycles. The Hall–Kier alpha value is -2.59. The molecule has 6 heteroatoms. The van der Waals surface area contributed by atoms with Gasteiger partial charge in [0.2, 0.25) is 6.08 Å². The highest BCUT2D eigenvalue weighted by molar-refractivity contribution is 5.85. The number of benzene rings is 1. The average molecular weight is 270 g/mol. The van der Waals surface area contributed by atoms with Gasteiger partial charge in [0.05, 0.1) is 0 Å². The molecule has 0 aliphatic carbocycles. The topological polar surface area (TPSA) is 77.6 Å². The Morgan fingerprint density at radius 2 is 2.30 bits per heavy atom. The third-order valence-electron chi connectivity index (χ3n) is 3.54. The minimum absolute atomic E-state index is 0.0282. The highest BCUT2D eigenvalue weighted by Crippen LogP contribution is 2.27. The van der Waals surface area contributed by atoms with Gasteiger partial charge in [0, 0.05) is 41.7 Å². The number of fused-ring (bicyclic) bond motifs is 3. The Bertz CT molecular complexity index is 700. The molecule has 1 aromatic carbocycles. The summed E-state index contributed by atoms with van der Waals surface area (Å²) in [7, 11) is 0. The Labute approximate surface area is 115 Å². The summed E-state index contributed by atoms with van der Waals surface area (Å²) in [6.45, 7) is 1.19. The fraction of sp³-hybridized carbons (Fsp3) is 0.286. The first-order valence-corrected chi connectivity index (χ1v) is 6.44. The number of carbonyl (C=O) groups is 1. The Morgan fingerprint density at radius 3 is 3.15 bits per heavy atom. The Kier molecular flexibility index (Phi) is 3.23. The lowest BCUT2D eigenvalue weighted by atomic mass is 10.1. The van der Waals surface area contributed by atoms with Gasteiger partial charge in [-0.3, -0.25) is 0 Å². The lowest BCUT2D eigenvalue weighted by Crippen LogP contribution is -2.42. The van der Waals surface area contributed by atoms with Crippen LogP contribution < -0.4 is 5.32 Å². The summed E-state index contributed by atoms with van der Waals surface area (Å²) < 4.78 is 0. The number of hydrogen-bond donors (Lipinski definition) is 2. The van der Waals surface area contributed by atoms with Crippen LogP contribution >= 0.6 is 0 Å². The van der Waals surface area contributed by atoms with Crippen molar-refractivity contribution in [3.8, 4) is 0 Å². The third kappa shape index (κ3) is 2.17. The highest BCUT2D eigenvalue weighted by atomic mass is 16.2. The molecule has 6 nitrogen and oxygen atoms in total. The van der Waals surface area contributed by atoms with Crippen LogP contribution in [-0.2, 0) is 17.8 Å². The van der Waals surface area contributed by atoms with Crippen molar-refractivity contribution < 1.29 is 9.59 Å². The minimum atomic E-state index is -0.208. The van der Waals surface area contributed by atoms with Gasteiger partial charge in [-0.25, -0.2) is 9.59 Å². The molecular formula is C14H14N4O2. The van der Waals surface area contributed by atoms with E-state index in [-0.39, 0.29) is 12.7 Å². The number of nitrogens with one attached hydrogen (secondary N) is 2. The quantitative estimate of drug-likeness (QED) is 0.641. The van der Waals surface area contributed by atoms with E-state index in [0.717, 1.165) is 17.3 Å². The summed E-state index contributed by atoms with van der Waals surface area (Å²) in [5.74, 6) is 0. The van der Waals surface area contributed by atoms with E-state index in [1.807, 2.05) is 18.2 Å². The summed E-state index contributed by atoms with van der Waals surface area (Å²) in [5, 5.41) is 3.73. The second kappa shape index (κ2) is 5.19. The molecule has 1 aromatic heterocycles. The van der Waals surface area contributed by atoms with Gasteiger partial charge >= 0.3 is 6.03 Å². The minimum Gasteiger partial charge on any atom is -0.358 e. The molecule has 0 bridgehead atoms. The first kappa shape index (κ1) is 12.4. The number of hydrogen-bond acceptors (Lipinski definition) is 3. The predicted molar refractivity (Wildman–Crippen MR) is 73.9 cm³/mol. The number of isocyanates is 1. The second-order valence-corrected chi connectivity index (χ2v) is 4.69. The number of rotatable bonds is 2. The van der Waals surface area contributed by atoms with E-state index >= 15 is 0 Å². The first-order chi connectivity index (χ1) is 9.79. The summed E-state index contributed by atoms with van der Waals surface area (Å²) in [6, 6.07) is 7.88. The molecule has 2 amide bonds. The van der Waals surface area contributed by atoms with E-state index in [0.29, 0.717) is 13.1 Å². The van der Waals surface area contributed by atoms with Crippen LogP contribution in [0.2, 0.25) is 0 Å². The van der Waals surface area contributed by atoms with Crippen LogP contribution in [-0.4, -0.2) is 35.2 Å². The summed E-state index contributed by atoms with van der Waals surface area (Å²) in [4.78, 5) is 30.4. The first-order valence-electron chi connectivity index (χ1n) is 6.44. The molecule has 2 N–H and O–H groups in total. The van der Waals surface area contributed by atoms with Crippen molar-refractivity contribution in [2.24, 2.45) is 4.99 Å². The predicted octanol–water partition coefficient (Wildman–Crippen LogP) is 1.53. The van der Waals surface area contributed by atoms with Gasteiger partial charge in [0.15, 0.2) is 0 Å². The molecule has 0 spiro atoms. The molecule has 0 radical (unpaired) electrons. The largest absolute Gasteiger partial charge is 0.358 e. The van der Waals surface area contributed by atoms with Crippen LogP contribution in [0.4, 0.5) is 4.79 Å². The maximum atomic E-state index is 12.0. The van der Waals surface area contributed by atoms with Gasteiger partial charge in [-0.1, -0.05) is 18.2 Å². The lowest BCUT2D eigenvalue weighted by molar-refractivity contribution is 0.193. The molecule has 102 valence electrons. The maximum Gasteiger partial charge on any atom is 0.319 e. The monoisotopic (exact) mass is 270 g/mol. The molecule has 0 saturated heterocycles. The Morgan fingerprint density at radius 1 is 1.45 bits per heavy atom. The van der Waals surface area contributed by atoms with Crippen molar-refractivity contribution in [3.05, 3.63) is 35.5 Å². The summed E-state index contributed by atoms with van der Waals surface area (Å²) in [6.07, 6.45) is 2.20. The molecule has 0 unspecified atom stereocenters. The number of H-pyrrole nitrogens is 1. The molecule has 2 aromatic rings. The standard InChI is InChI=1S/C14H14N4O2/c19-9-15-8-16-14(20)18-6-5-13-11(7-18)10-3-1-2-4-12(10)17-13/h1-4,17H,5-8H2,(H,16,20). The van der Waals surface area contributed by atoms with Crippen LogP contribution in [0.15, 0.2) is 29.3 Å². The smallest absolute Gasteiger partial charge is 0.319 e. The molecule has 0 atom stereocenters. The van der Waals surface area contributed by atoms with Gasteiger partial charge in [-0.05, 0) is 6.07 Å². The van der Waals surface area contributed by atoms with E-state index in [1.54, 1.807) is 4.90 Å². The van der Waals surface area contributed by atoms with Gasteiger partial charge in [-0.15, -0.1) is 0 Å². The number of para-hydroxylation sites is 1. The van der Waals surface area contributed by atoms with Crippen LogP contribution in [0.25, 0.3) is 10.9 Å². The SMILES string of the molecule is O=C=NCNC(=O)N1CCc2[nH]c3ccccc3c2C1. The van der Waals surface area contributed by atoms with Crippen LogP contribution in [0.5, 0.6) is 0 Å². The molecule has 0 fully saturated rings. The van der Waals surface area contributed by atoms with Crippen molar-refractivity contribution in [2.45, 2.75) is 13.0 Å². The number of amides is 2. The molecule has 3 rings (SSSR count).